The summed E-state index contributed by atoms with van der Waals surface area (Å²) in [4.78, 5) is 12.6. The van der Waals surface area contributed by atoms with Crippen molar-refractivity contribution < 1.29 is 4.79 Å². The molecule has 0 saturated carbocycles. The van der Waals surface area contributed by atoms with Gasteiger partial charge < -0.3 is 10.6 Å². The first-order chi connectivity index (χ1) is 8.15. The Bertz CT molecular complexity index is 381. The fourth-order valence-electron chi connectivity index (χ4n) is 1.54. The highest BCUT2D eigenvalue weighted by Gasteiger charge is 2.17. The maximum Gasteiger partial charge on any atom is 0.234 e. The van der Waals surface area contributed by atoms with Gasteiger partial charge >= 0.3 is 0 Å². The summed E-state index contributed by atoms with van der Waals surface area (Å²) < 4.78 is 0. The molecule has 1 aromatic heterocycles. The normalized spacial score (nSPS) is 12.1. The molecule has 1 atom stereocenters. The molecule has 1 amide bonds. The molecule has 0 aliphatic rings. The van der Waals surface area contributed by atoms with E-state index < -0.39 is 0 Å². The minimum atomic E-state index is -0.145. The molecule has 0 spiro atoms. The van der Waals surface area contributed by atoms with Crippen molar-refractivity contribution in [1.82, 2.24) is 10.6 Å². The molecule has 0 aliphatic carbocycles. The third kappa shape index (κ3) is 4.55. The van der Waals surface area contributed by atoms with Crippen molar-refractivity contribution in [2.24, 2.45) is 5.92 Å². The first-order valence-electron chi connectivity index (χ1n) is 5.55. The minimum Gasteiger partial charge on any atom is -0.342 e. The topological polar surface area (TPSA) is 64.9 Å². The molecule has 4 nitrogen and oxygen atoms in total. The number of hydrogen-bond acceptors (Lipinski definition) is 4. The summed E-state index contributed by atoms with van der Waals surface area (Å²) in [7, 11) is 0. The van der Waals surface area contributed by atoms with Gasteiger partial charge in [-0.05, 0) is 17.4 Å². The quantitative estimate of drug-likeness (QED) is 0.756. The van der Waals surface area contributed by atoms with Crippen molar-refractivity contribution in [2.75, 3.05) is 13.1 Å². The zero-order chi connectivity index (χ0) is 12.7. The standard InChI is InChI=1S/C12H17N3OS/c1-9(2)12(10-4-3-7-17-10)15-8-11(16)14-6-5-13/h3-4,7,9,12,15H,6,8H2,1-2H3,(H,14,16). The van der Waals surface area contributed by atoms with E-state index in [0.29, 0.717) is 5.92 Å². The Labute approximate surface area is 106 Å². The van der Waals surface area contributed by atoms with E-state index in [-0.39, 0.29) is 25.0 Å². The smallest absolute Gasteiger partial charge is 0.234 e. The lowest BCUT2D eigenvalue weighted by atomic mass is 10.0. The molecule has 0 bridgehead atoms. The molecule has 1 heterocycles. The number of nitrogens with one attached hydrogen (secondary N) is 2. The fourth-order valence-corrected chi connectivity index (χ4v) is 2.51. The number of carbonyl (C=O) groups is 1. The van der Waals surface area contributed by atoms with Gasteiger partial charge in [-0.3, -0.25) is 4.79 Å². The van der Waals surface area contributed by atoms with Crippen molar-refractivity contribution in [3.8, 4) is 6.07 Å². The number of hydrogen-bond donors (Lipinski definition) is 2. The van der Waals surface area contributed by atoms with Crippen molar-refractivity contribution in [2.45, 2.75) is 19.9 Å². The molecule has 5 heteroatoms. The van der Waals surface area contributed by atoms with Crippen LogP contribution in [0.2, 0.25) is 0 Å². The van der Waals surface area contributed by atoms with E-state index in [1.54, 1.807) is 11.3 Å². The molecule has 2 N–H and O–H groups in total. The number of nitriles is 1. The van der Waals surface area contributed by atoms with Gasteiger partial charge in [-0.2, -0.15) is 5.26 Å². The first-order valence-corrected chi connectivity index (χ1v) is 6.43. The zero-order valence-corrected chi connectivity index (χ0v) is 10.9. The van der Waals surface area contributed by atoms with Gasteiger partial charge in [-0.25, -0.2) is 0 Å². The van der Waals surface area contributed by atoms with Crippen molar-refractivity contribution in [3.05, 3.63) is 22.4 Å². The van der Waals surface area contributed by atoms with Crippen LogP contribution in [0.4, 0.5) is 0 Å². The van der Waals surface area contributed by atoms with E-state index in [0.717, 1.165) is 0 Å². The fraction of sp³-hybridized carbons (Fsp3) is 0.500. The maximum absolute atomic E-state index is 11.4. The summed E-state index contributed by atoms with van der Waals surface area (Å²) in [5, 5.41) is 16.1. The van der Waals surface area contributed by atoms with Crippen LogP contribution >= 0.6 is 11.3 Å². The highest BCUT2D eigenvalue weighted by molar-refractivity contribution is 7.10. The van der Waals surface area contributed by atoms with Gasteiger partial charge in [0.1, 0.15) is 6.54 Å². The van der Waals surface area contributed by atoms with Gasteiger partial charge in [0.15, 0.2) is 0 Å². The molecule has 0 fully saturated rings. The average Bonchev–Trinajstić information content (AvgIpc) is 2.79. The SMILES string of the molecule is CC(C)C(NCC(=O)NCC#N)c1cccs1. The zero-order valence-electron chi connectivity index (χ0n) is 10.1. The molecule has 92 valence electrons. The van der Waals surface area contributed by atoms with E-state index in [4.69, 9.17) is 5.26 Å². The van der Waals surface area contributed by atoms with Crippen LogP contribution in [0.3, 0.4) is 0 Å². The van der Waals surface area contributed by atoms with Crippen molar-refractivity contribution >= 4 is 17.2 Å². The molecular formula is C12H17N3OS. The Balaban J connectivity index is 2.47. The van der Waals surface area contributed by atoms with Crippen LogP contribution in [0.25, 0.3) is 0 Å². The Morgan fingerprint density at radius 2 is 2.35 bits per heavy atom. The lowest BCUT2D eigenvalue weighted by Gasteiger charge is -2.20. The Morgan fingerprint density at radius 3 is 2.88 bits per heavy atom. The van der Waals surface area contributed by atoms with Crippen LogP contribution in [0, 0.1) is 17.2 Å². The number of carbonyl (C=O) groups excluding carboxylic acids is 1. The summed E-state index contributed by atoms with van der Waals surface area (Å²) in [5.41, 5.74) is 0. The van der Waals surface area contributed by atoms with Gasteiger partial charge in [0.2, 0.25) is 5.91 Å². The molecule has 0 radical (unpaired) electrons. The van der Waals surface area contributed by atoms with Crippen LogP contribution in [0.1, 0.15) is 24.8 Å². The Hall–Kier alpha value is -1.38. The average molecular weight is 251 g/mol. The molecule has 0 saturated heterocycles. The Kier molecular flexibility index (Phi) is 5.67. The number of nitrogens with zero attached hydrogens (tertiary/aromatic N) is 1. The minimum absolute atomic E-state index is 0.0614. The van der Waals surface area contributed by atoms with Crippen molar-refractivity contribution in [3.63, 3.8) is 0 Å². The second kappa shape index (κ2) is 7.05. The molecule has 1 rings (SSSR count). The molecule has 0 aliphatic heterocycles. The summed E-state index contributed by atoms with van der Waals surface area (Å²) in [5.74, 6) is 0.270. The monoisotopic (exact) mass is 251 g/mol. The summed E-state index contributed by atoms with van der Waals surface area (Å²) in [6, 6.07) is 6.13. The predicted octanol–water partition coefficient (Wildman–Crippen LogP) is 1.67. The molecule has 1 unspecified atom stereocenters. The second-order valence-electron chi connectivity index (χ2n) is 4.05. The Morgan fingerprint density at radius 1 is 1.59 bits per heavy atom. The lowest BCUT2D eigenvalue weighted by molar-refractivity contribution is -0.120. The largest absolute Gasteiger partial charge is 0.342 e. The molecule has 17 heavy (non-hydrogen) atoms. The van der Waals surface area contributed by atoms with Gasteiger partial charge in [0, 0.05) is 10.9 Å². The highest BCUT2D eigenvalue weighted by atomic mass is 32.1. The number of rotatable bonds is 6. The van der Waals surface area contributed by atoms with Gasteiger partial charge in [0.25, 0.3) is 0 Å². The summed E-state index contributed by atoms with van der Waals surface area (Å²) in [6.45, 7) is 4.53. The van der Waals surface area contributed by atoms with Crippen molar-refractivity contribution in [1.29, 1.82) is 5.26 Å². The van der Waals surface area contributed by atoms with E-state index >= 15 is 0 Å². The first kappa shape index (κ1) is 13.7. The van der Waals surface area contributed by atoms with Crippen LogP contribution < -0.4 is 10.6 Å². The van der Waals surface area contributed by atoms with Crippen LogP contribution in [0.5, 0.6) is 0 Å². The van der Waals surface area contributed by atoms with E-state index in [1.807, 2.05) is 17.5 Å². The molecule has 0 aromatic carbocycles. The van der Waals surface area contributed by atoms with E-state index in [1.165, 1.54) is 4.88 Å². The van der Waals surface area contributed by atoms with Crippen LogP contribution in [-0.4, -0.2) is 19.0 Å². The molecular weight excluding hydrogens is 234 g/mol. The van der Waals surface area contributed by atoms with Gasteiger partial charge in [-0.1, -0.05) is 19.9 Å². The molecule has 1 aromatic rings. The van der Waals surface area contributed by atoms with Gasteiger partial charge in [0.05, 0.1) is 12.6 Å². The number of thiophene rings is 1. The number of amides is 1. The summed E-state index contributed by atoms with van der Waals surface area (Å²) in [6.07, 6.45) is 0. The maximum atomic E-state index is 11.4. The van der Waals surface area contributed by atoms with Crippen LogP contribution in [-0.2, 0) is 4.79 Å². The van der Waals surface area contributed by atoms with Crippen LogP contribution in [0.15, 0.2) is 17.5 Å². The summed E-state index contributed by atoms with van der Waals surface area (Å²) >= 11 is 1.68. The van der Waals surface area contributed by atoms with E-state index in [2.05, 4.69) is 30.5 Å². The highest BCUT2D eigenvalue weighted by Crippen LogP contribution is 2.25. The third-order valence-corrected chi connectivity index (χ3v) is 3.32. The predicted molar refractivity (Wildman–Crippen MR) is 68.5 cm³/mol. The second-order valence-corrected chi connectivity index (χ2v) is 5.03. The lowest BCUT2D eigenvalue weighted by Crippen LogP contribution is -2.37. The third-order valence-electron chi connectivity index (χ3n) is 2.36. The van der Waals surface area contributed by atoms with Gasteiger partial charge in [-0.15, -0.1) is 11.3 Å². The van der Waals surface area contributed by atoms with E-state index in [9.17, 15) is 4.79 Å².